The minimum atomic E-state index is -4.21. The van der Waals surface area contributed by atoms with Crippen LogP contribution in [0.5, 0.6) is 0 Å². The van der Waals surface area contributed by atoms with Crippen molar-refractivity contribution >= 4 is 39.1 Å². The maximum absolute atomic E-state index is 14.6. The lowest BCUT2D eigenvalue weighted by molar-refractivity contribution is -0.139. The van der Waals surface area contributed by atoms with Gasteiger partial charge in [-0.1, -0.05) is 61.0 Å². The summed E-state index contributed by atoms with van der Waals surface area (Å²) in [7, 11) is -4.21. The summed E-state index contributed by atoms with van der Waals surface area (Å²) in [4.78, 5) is 28.1. The summed E-state index contributed by atoms with van der Waals surface area (Å²) >= 11 is 6.32. The third kappa shape index (κ3) is 7.36. The first-order valence-corrected chi connectivity index (χ1v) is 14.4. The summed E-state index contributed by atoms with van der Waals surface area (Å²) < 4.78 is 43.1. The van der Waals surface area contributed by atoms with Gasteiger partial charge in [-0.15, -0.1) is 0 Å². The molecule has 0 unspecified atom stereocenters. The van der Waals surface area contributed by atoms with Crippen molar-refractivity contribution in [2.45, 2.75) is 57.6 Å². The minimum Gasteiger partial charge on any atom is -0.352 e. The van der Waals surface area contributed by atoms with E-state index in [1.165, 1.54) is 48.2 Å². The molecular formula is C29H33ClFN3O4S. The number of carbonyl (C=O) groups excluding carboxylic acids is 2. The van der Waals surface area contributed by atoms with Crippen LogP contribution < -0.4 is 9.62 Å². The highest BCUT2D eigenvalue weighted by Gasteiger charge is 2.33. The number of rotatable bonds is 11. The van der Waals surface area contributed by atoms with E-state index >= 15 is 0 Å². The SMILES string of the molecule is CC[C@H](C)NC(=O)[C@H](C)N(Cc1ccccc1F)C(=O)CN(c1ccc(C)c(Cl)c1)S(=O)(=O)c1ccccc1. The Labute approximate surface area is 234 Å². The van der Waals surface area contributed by atoms with Crippen molar-refractivity contribution < 1.29 is 22.4 Å². The highest BCUT2D eigenvalue weighted by atomic mass is 35.5. The third-order valence-corrected chi connectivity index (χ3v) is 8.72. The summed E-state index contributed by atoms with van der Waals surface area (Å²) in [5, 5.41) is 3.18. The van der Waals surface area contributed by atoms with Gasteiger partial charge >= 0.3 is 0 Å². The molecule has 10 heteroatoms. The number of halogens is 2. The van der Waals surface area contributed by atoms with Gasteiger partial charge in [-0.3, -0.25) is 13.9 Å². The number of amides is 2. The van der Waals surface area contributed by atoms with Crippen LogP contribution in [0.4, 0.5) is 10.1 Å². The van der Waals surface area contributed by atoms with Gasteiger partial charge in [0.15, 0.2) is 0 Å². The molecule has 0 radical (unpaired) electrons. The van der Waals surface area contributed by atoms with E-state index in [0.29, 0.717) is 11.4 Å². The average Bonchev–Trinajstić information content (AvgIpc) is 2.92. The zero-order chi connectivity index (χ0) is 28.7. The molecule has 0 aliphatic carbocycles. The Balaban J connectivity index is 2.05. The van der Waals surface area contributed by atoms with Crippen LogP contribution in [0.15, 0.2) is 77.7 Å². The predicted molar refractivity (Wildman–Crippen MR) is 151 cm³/mol. The largest absolute Gasteiger partial charge is 0.352 e. The first kappa shape index (κ1) is 30.1. The lowest BCUT2D eigenvalue weighted by Gasteiger charge is -2.32. The standard InChI is InChI=1S/C29H33ClFN3O4S/c1-5-21(3)32-29(36)22(4)33(18-23-11-9-10-14-27(23)31)28(35)19-34(24-16-15-20(2)26(30)17-24)39(37,38)25-12-7-6-8-13-25/h6-17,21-22H,5,18-19H2,1-4H3,(H,32,36)/t21-,22-/m0/s1. The van der Waals surface area contributed by atoms with Gasteiger partial charge in [-0.25, -0.2) is 12.8 Å². The van der Waals surface area contributed by atoms with Crippen LogP contribution in [-0.4, -0.2) is 43.8 Å². The predicted octanol–water partition coefficient (Wildman–Crippen LogP) is 5.31. The molecule has 0 spiro atoms. The van der Waals surface area contributed by atoms with Crippen LogP contribution in [0, 0.1) is 12.7 Å². The van der Waals surface area contributed by atoms with E-state index < -0.39 is 40.2 Å². The number of hydrogen-bond acceptors (Lipinski definition) is 4. The molecule has 3 aromatic carbocycles. The van der Waals surface area contributed by atoms with Gasteiger partial charge in [0.2, 0.25) is 11.8 Å². The Morgan fingerprint density at radius 3 is 2.26 bits per heavy atom. The van der Waals surface area contributed by atoms with E-state index in [4.69, 9.17) is 11.6 Å². The minimum absolute atomic E-state index is 0.0160. The van der Waals surface area contributed by atoms with Crippen molar-refractivity contribution in [3.05, 3.63) is 94.8 Å². The fourth-order valence-corrected chi connectivity index (χ4v) is 5.45. The second kappa shape index (κ2) is 13.1. The Kier molecular flexibility index (Phi) is 10.1. The number of carbonyl (C=O) groups is 2. The van der Waals surface area contributed by atoms with Crippen LogP contribution >= 0.6 is 11.6 Å². The van der Waals surface area contributed by atoms with Gasteiger partial charge in [0.25, 0.3) is 10.0 Å². The molecule has 0 saturated heterocycles. The maximum atomic E-state index is 14.6. The first-order chi connectivity index (χ1) is 18.4. The van der Waals surface area contributed by atoms with Crippen molar-refractivity contribution in [1.82, 2.24) is 10.2 Å². The molecule has 0 aromatic heterocycles. The third-order valence-electron chi connectivity index (χ3n) is 6.52. The van der Waals surface area contributed by atoms with E-state index in [1.807, 2.05) is 13.8 Å². The number of nitrogens with zero attached hydrogens (tertiary/aromatic N) is 2. The lowest BCUT2D eigenvalue weighted by Crippen LogP contribution is -2.52. The topological polar surface area (TPSA) is 86.8 Å². The first-order valence-electron chi connectivity index (χ1n) is 12.6. The second-order valence-corrected chi connectivity index (χ2v) is 11.6. The van der Waals surface area contributed by atoms with Crippen LogP contribution in [0.2, 0.25) is 5.02 Å². The van der Waals surface area contributed by atoms with Crippen molar-refractivity contribution in [1.29, 1.82) is 0 Å². The molecule has 7 nitrogen and oxygen atoms in total. The highest BCUT2D eigenvalue weighted by Crippen LogP contribution is 2.28. The number of benzene rings is 3. The highest BCUT2D eigenvalue weighted by molar-refractivity contribution is 7.92. The molecule has 0 heterocycles. The Morgan fingerprint density at radius 1 is 1.00 bits per heavy atom. The van der Waals surface area contributed by atoms with Crippen LogP contribution in [0.1, 0.15) is 38.3 Å². The average molecular weight is 574 g/mol. The van der Waals surface area contributed by atoms with Gasteiger partial charge < -0.3 is 10.2 Å². The summed E-state index contributed by atoms with van der Waals surface area (Å²) in [5.74, 6) is -1.64. The number of sulfonamides is 1. The van der Waals surface area contributed by atoms with Gasteiger partial charge in [-0.05, 0) is 63.1 Å². The molecule has 0 saturated carbocycles. The van der Waals surface area contributed by atoms with Crippen molar-refractivity contribution in [3.63, 3.8) is 0 Å². The molecule has 2 atom stereocenters. The number of anilines is 1. The molecule has 0 fully saturated rings. The Morgan fingerprint density at radius 2 is 1.64 bits per heavy atom. The van der Waals surface area contributed by atoms with E-state index in [0.717, 1.165) is 9.87 Å². The van der Waals surface area contributed by atoms with Gasteiger partial charge in [0.1, 0.15) is 18.4 Å². The summed E-state index contributed by atoms with van der Waals surface area (Å²) in [6.07, 6.45) is 0.678. The smallest absolute Gasteiger partial charge is 0.264 e. The molecule has 0 aliphatic heterocycles. The Bertz CT molecular complexity index is 1420. The molecular weight excluding hydrogens is 541 g/mol. The zero-order valence-corrected chi connectivity index (χ0v) is 24.0. The number of hydrogen-bond donors (Lipinski definition) is 1. The fraction of sp³-hybridized carbons (Fsp3) is 0.310. The molecule has 0 aliphatic rings. The van der Waals surface area contributed by atoms with Gasteiger partial charge in [-0.2, -0.15) is 0 Å². The normalized spacial score (nSPS) is 12.9. The van der Waals surface area contributed by atoms with Gasteiger partial charge in [0.05, 0.1) is 10.6 Å². The molecule has 208 valence electrons. The molecule has 39 heavy (non-hydrogen) atoms. The van der Waals surface area contributed by atoms with E-state index in [9.17, 15) is 22.4 Å². The van der Waals surface area contributed by atoms with Crippen molar-refractivity contribution in [3.8, 4) is 0 Å². The van der Waals surface area contributed by atoms with E-state index in [-0.39, 0.29) is 28.7 Å². The summed E-state index contributed by atoms with van der Waals surface area (Å²) in [6, 6.07) is 17.2. The molecule has 3 rings (SSSR count). The molecule has 1 N–H and O–H groups in total. The molecule has 0 bridgehead atoms. The second-order valence-electron chi connectivity index (χ2n) is 9.37. The fourth-order valence-electron chi connectivity index (χ4n) is 3.84. The lowest BCUT2D eigenvalue weighted by atomic mass is 10.1. The number of aryl methyl sites for hydroxylation is 1. The van der Waals surface area contributed by atoms with Crippen LogP contribution in [0.25, 0.3) is 0 Å². The van der Waals surface area contributed by atoms with E-state index in [1.54, 1.807) is 43.3 Å². The number of nitrogens with one attached hydrogen (secondary N) is 1. The van der Waals surface area contributed by atoms with Crippen LogP contribution in [-0.2, 0) is 26.2 Å². The van der Waals surface area contributed by atoms with Crippen LogP contribution in [0.3, 0.4) is 0 Å². The monoisotopic (exact) mass is 573 g/mol. The van der Waals surface area contributed by atoms with Crippen molar-refractivity contribution in [2.24, 2.45) is 0 Å². The zero-order valence-electron chi connectivity index (χ0n) is 22.4. The van der Waals surface area contributed by atoms with Gasteiger partial charge in [0, 0.05) is 23.2 Å². The summed E-state index contributed by atoms with van der Waals surface area (Å²) in [5.41, 5.74) is 1.12. The Hall–Kier alpha value is -3.43. The quantitative estimate of drug-likeness (QED) is 0.337. The maximum Gasteiger partial charge on any atom is 0.264 e. The molecule has 2 amide bonds. The van der Waals surface area contributed by atoms with Crippen molar-refractivity contribution in [2.75, 3.05) is 10.8 Å². The summed E-state index contributed by atoms with van der Waals surface area (Å²) in [6.45, 7) is 6.20. The van der Waals surface area contributed by atoms with E-state index in [2.05, 4.69) is 5.32 Å². The molecule has 3 aromatic rings.